The number of anilines is 1. The monoisotopic (exact) mass is 450 g/mol. The van der Waals surface area contributed by atoms with E-state index in [-0.39, 0.29) is 5.91 Å². The normalized spacial score (nSPS) is 18.2. The van der Waals surface area contributed by atoms with E-state index in [9.17, 15) is 4.79 Å². The number of piperazine rings is 1. The molecule has 0 unspecified atom stereocenters. The molecule has 5 nitrogen and oxygen atoms in total. The lowest BCUT2D eigenvalue weighted by molar-refractivity contribution is -0.112. The zero-order chi connectivity index (χ0) is 23.3. The molecule has 1 fully saturated rings. The van der Waals surface area contributed by atoms with Gasteiger partial charge in [-0.2, -0.15) is 0 Å². The van der Waals surface area contributed by atoms with E-state index in [0.717, 1.165) is 49.7 Å². The van der Waals surface area contributed by atoms with Gasteiger partial charge in [-0.05, 0) is 30.7 Å². The lowest BCUT2D eigenvalue weighted by atomic mass is 10.1. The Bertz CT molecular complexity index is 1190. The lowest BCUT2D eigenvalue weighted by Crippen LogP contribution is -2.51. The average Bonchev–Trinajstić information content (AvgIpc) is 3.13. The average molecular weight is 451 g/mol. The summed E-state index contributed by atoms with van der Waals surface area (Å²) in [6.45, 7) is 7.46. The summed E-state index contributed by atoms with van der Waals surface area (Å²) in [6.07, 6.45) is 4.42. The molecule has 3 aromatic rings. The number of hydrogen-bond donors (Lipinski definition) is 0. The van der Waals surface area contributed by atoms with Crippen molar-refractivity contribution < 1.29 is 4.79 Å². The number of carbonyl (C=O) groups excluding carboxylic acids is 1. The maximum Gasteiger partial charge on any atom is 0.278 e. The third-order valence-electron chi connectivity index (χ3n) is 6.45. The van der Waals surface area contributed by atoms with Crippen molar-refractivity contribution in [2.45, 2.75) is 6.92 Å². The van der Waals surface area contributed by atoms with Crippen LogP contribution in [0.4, 0.5) is 11.4 Å². The number of amides is 1. The first-order chi connectivity index (χ1) is 16.7. The van der Waals surface area contributed by atoms with Crippen LogP contribution >= 0.6 is 0 Å². The summed E-state index contributed by atoms with van der Waals surface area (Å²) in [7, 11) is 0. The van der Waals surface area contributed by atoms with Gasteiger partial charge in [0.05, 0.1) is 18.0 Å². The van der Waals surface area contributed by atoms with Crippen LogP contribution in [-0.2, 0) is 4.79 Å². The van der Waals surface area contributed by atoms with Gasteiger partial charge in [0.25, 0.3) is 5.91 Å². The van der Waals surface area contributed by atoms with Crippen molar-refractivity contribution in [3.63, 3.8) is 0 Å². The summed E-state index contributed by atoms with van der Waals surface area (Å²) in [5.74, 6) is -0.0185. The molecule has 0 radical (unpaired) electrons. The predicted molar refractivity (Wildman–Crippen MR) is 140 cm³/mol. The summed E-state index contributed by atoms with van der Waals surface area (Å²) in [6, 6.07) is 26.4. The van der Waals surface area contributed by atoms with E-state index < -0.39 is 0 Å². The van der Waals surface area contributed by atoms with Gasteiger partial charge in [-0.1, -0.05) is 78.4 Å². The molecule has 1 amide bonds. The second kappa shape index (κ2) is 10.2. The molecule has 34 heavy (non-hydrogen) atoms. The summed E-state index contributed by atoms with van der Waals surface area (Å²) in [4.78, 5) is 24.8. The van der Waals surface area contributed by atoms with Gasteiger partial charge in [0.15, 0.2) is 0 Å². The van der Waals surface area contributed by atoms with Crippen molar-refractivity contribution in [1.29, 1.82) is 0 Å². The van der Waals surface area contributed by atoms with E-state index in [0.29, 0.717) is 12.4 Å². The second-order valence-electron chi connectivity index (χ2n) is 8.92. The Morgan fingerprint density at radius 2 is 1.50 bits per heavy atom. The molecule has 0 aromatic heterocycles. The van der Waals surface area contributed by atoms with E-state index in [2.05, 4.69) is 46.2 Å². The van der Waals surface area contributed by atoms with Crippen molar-refractivity contribution in [2.24, 2.45) is 4.99 Å². The molecule has 0 spiro atoms. The summed E-state index contributed by atoms with van der Waals surface area (Å²) >= 11 is 0. The van der Waals surface area contributed by atoms with Crippen LogP contribution in [0, 0.1) is 6.92 Å². The van der Waals surface area contributed by atoms with Crippen molar-refractivity contribution in [2.75, 3.05) is 44.3 Å². The van der Waals surface area contributed by atoms with Crippen molar-refractivity contribution in [3.8, 4) is 0 Å². The standard InChI is InChI=1S/C29H30N4O/c1-23-13-15-25(16-14-23)30-28-26-11-5-6-12-27(26)33(29(28)34)22-32-20-18-31(19-21-32)17-7-10-24-8-3-2-4-9-24/h2-16H,17-22H2,1H3/b10-7+,30-28?. The van der Waals surface area contributed by atoms with E-state index in [1.807, 2.05) is 66.4 Å². The van der Waals surface area contributed by atoms with E-state index in [1.54, 1.807) is 0 Å². The van der Waals surface area contributed by atoms with Crippen LogP contribution in [0.25, 0.3) is 6.08 Å². The number of benzene rings is 3. The fraction of sp³-hybridized carbons (Fsp3) is 0.241. The topological polar surface area (TPSA) is 39.2 Å². The van der Waals surface area contributed by atoms with Crippen molar-refractivity contribution in [3.05, 3.63) is 102 Å². The Labute approximate surface area is 201 Å². The van der Waals surface area contributed by atoms with Crippen LogP contribution in [0.15, 0.2) is 89.9 Å². The Balaban J connectivity index is 1.22. The number of hydrogen-bond acceptors (Lipinski definition) is 4. The first-order valence-electron chi connectivity index (χ1n) is 11.9. The van der Waals surface area contributed by atoms with Gasteiger partial charge in [-0.25, -0.2) is 4.99 Å². The molecular weight excluding hydrogens is 420 g/mol. The quantitative estimate of drug-likeness (QED) is 0.544. The van der Waals surface area contributed by atoms with Gasteiger partial charge < -0.3 is 0 Å². The van der Waals surface area contributed by atoms with Gasteiger partial charge in [0.1, 0.15) is 5.71 Å². The third kappa shape index (κ3) is 5.01. The highest BCUT2D eigenvalue weighted by atomic mass is 16.2. The summed E-state index contributed by atoms with van der Waals surface area (Å²) in [5, 5.41) is 0. The van der Waals surface area contributed by atoms with Gasteiger partial charge in [-0.15, -0.1) is 0 Å². The Morgan fingerprint density at radius 1 is 0.824 bits per heavy atom. The van der Waals surface area contributed by atoms with Gasteiger partial charge in [0, 0.05) is 38.3 Å². The molecule has 5 rings (SSSR count). The maximum absolute atomic E-state index is 13.4. The lowest BCUT2D eigenvalue weighted by Gasteiger charge is -2.36. The number of para-hydroxylation sites is 1. The van der Waals surface area contributed by atoms with Crippen molar-refractivity contribution >= 4 is 29.1 Å². The predicted octanol–water partition coefficient (Wildman–Crippen LogP) is 4.75. The maximum atomic E-state index is 13.4. The smallest absolute Gasteiger partial charge is 0.278 e. The zero-order valence-corrected chi connectivity index (χ0v) is 19.6. The highest BCUT2D eigenvalue weighted by Gasteiger charge is 2.35. The van der Waals surface area contributed by atoms with E-state index >= 15 is 0 Å². The van der Waals surface area contributed by atoms with E-state index in [1.165, 1.54) is 11.1 Å². The fourth-order valence-electron chi connectivity index (χ4n) is 4.47. The fourth-order valence-corrected chi connectivity index (χ4v) is 4.47. The van der Waals surface area contributed by atoms with E-state index in [4.69, 9.17) is 4.99 Å². The highest BCUT2D eigenvalue weighted by Crippen LogP contribution is 2.31. The van der Waals surface area contributed by atoms with Crippen LogP contribution in [0.5, 0.6) is 0 Å². The molecule has 0 aliphatic carbocycles. The molecule has 5 heteroatoms. The number of fused-ring (bicyclic) bond motifs is 1. The molecule has 2 aliphatic heterocycles. The van der Waals surface area contributed by atoms with Crippen LogP contribution in [0.1, 0.15) is 16.7 Å². The minimum Gasteiger partial charge on any atom is -0.297 e. The Kier molecular flexibility index (Phi) is 6.65. The molecular formula is C29H30N4O. The second-order valence-corrected chi connectivity index (χ2v) is 8.92. The first kappa shape index (κ1) is 22.3. The van der Waals surface area contributed by atoms with Gasteiger partial charge >= 0.3 is 0 Å². The third-order valence-corrected chi connectivity index (χ3v) is 6.45. The SMILES string of the molecule is Cc1ccc(N=C2C(=O)N(CN3CCN(C/C=C/c4ccccc4)CC3)c3ccccc32)cc1. The zero-order valence-electron chi connectivity index (χ0n) is 19.6. The minimum atomic E-state index is -0.0185. The molecule has 0 atom stereocenters. The first-order valence-corrected chi connectivity index (χ1v) is 11.9. The summed E-state index contributed by atoms with van der Waals surface area (Å²) in [5.41, 5.74) is 5.62. The van der Waals surface area contributed by atoms with Crippen LogP contribution < -0.4 is 4.90 Å². The highest BCUT2D eigenvalue weighted by molar-refractivity contribution is 6.54. The Hall–Kier alpha value is -3.54. The van der Waals surface area contributed by atoms with Crippen LogP contribution in [-0.4, -0.2) is 60.8 Å². The minimum absolute atomic E-state index is 0.0185. The molecule has 172 valence electrons. The molecule has 3 aromatic carbocycles. The van der Waals surface area contributed by atoms with Gasteiger partial charge in [0.2, 0.25) is 0 Å². The number of carbonyl (C=O) groups is 1. The summed E-state index contributed by atoms with van der Waals surface area (Å²) < 4.78 is 0. The number of nitrogens with zero attached hydrogens (tertiary/aromatic N) is 4. The van der Waals surface area contributed by atoms with Gasteiger partial charge in [-0.3, -0.25) is 19.5 Å². The number of aryl methyl sites for hydroxylation is 1. The molecule has 0 bridgehead atoms. The number of aliphatic imine (C=N–C) groups is 1. The van der Waals surface area contributed by atoms with Crippen LogP contribution in [0.3, 0.4) is 0 Å². The number of rotatable bonds is 6. The van der Waals surface area contributed by atoms with Crippen LogP contribution in [0.2, 0.25) is 0 Å². The Morgan fingerprint density at radius 3 is 2.26 bits per heavy atom. The molecule has 1 saturated heterocycles. The molecule has 2 aliphatic rings. The molecule has 2 heterocycles. The molecule has 0 saturated carbocycles. The largest absolute Gasteiger partial charge is 0.297 e. The van der Waals surface area contributed by atoms with Crippen molar-refractivity contribution in [1.82, 2.24) is 9.80 Å². The molecule has 0 N–H and O–H groups in total.